The Morgan fingerprint density at radius 3 is 2.48 bits per heavy atom. The molecule has 2 nitrogen and oxygen atoms in total. The van der Waals surface area contributed by atoms with Gasteiger partial charge in [0.25, 0.3) is 0 Å². The minimum absolute atomic E-state index is 0.912. The Labute approximate surface area is 133 Å². The van der Waals surface area contributed by atoms with E-state index in [0.717, 1.165) is 13.1 Å². The number of anilines is 1. The third-order valence-electron chi connectivity index (χ3n) is 3.87. The summed E-state index contributed by atoms with van der Waals surface area (Å²) in [6.45, 7) is 6.13. The zero-order valence-electron chi connectivity index (χ0n) is 12.4. The van der Waals surface area contributed by atoms with Gasteiger partial charge in [-0.1, -0.05) is 35.9 Å². The lowest BCUT2D eigenvalue weighted by Crippen LogP contribution is -2.11. The highest BCUT2D eigenvalue weighted by atomic mass is 79.9. The number of rotatable bonds is 4. The van der Waals surface area contributed by atoms with Gasteiger partial charge in [0, 0.05) is 39.8 Å². The van der Waals surface area contributed by atoms with Gasteiger partial charge in [0.15, 0.2) is 0 Å². The summed E-state index contributed by atoms with van der Waals surface area (Å²) in [5.41, 5.74) is 5.03. The molecular formula is C18H19BrN2. The van der Waals surface area contributed by atoms with Gasteiger partial charge < -0.3 is 9.88 Å². The predicted molar refractivity (Wildman–Crippen MR) is 94.0 cm³/mol. The van der Waals surface area contributed by atoms with E-state index in [1.165, 1.54) is 32.3 Å². The van der Waals surface area contributed by atoms with E-state index in [1.807, 2.05) is 0 Å². The first-order valence-electron chi connectivity index (χ1n) is 7.20. The van der Waals surface area contributed by atoms with Gasteiger partial charge in [0.05, 0.1) is 0 Å². The Morgan fingerprint density at radius 2 is 1.71 bits per heavy atom. The summed E-state index contributed by atoms with van der Waals surface area (Å²) in [5.74, 6) is 0. The monoisotopic (exact) mass is 342 g/mol. The van der Waals surface area contributed by atoms with Gasteiger partial charge in [0.2, 0.25) is 0 Å². The first-order valence-corrected chi connectivity index (χ1v) is 8.00. The number of aryl methyl sites for hydroxylation is 1. The van der Waals surface area contributed by atoms with Crippen LogP contribution in [0.3, 0.4) is 0 Å². The Morgan fingerprint density at radius 1 is 1.00 bits per heavy atom. The molecule has 0 saturated carbocycles. The minimum atomic E-state index is 0.912. The fourth-order valence-corrected chi connectivity index (χ4v) is 3.21. The molecule has 3 heteroatoms. The molecule has 3 aromatic rings. The highest BCUT2D eigenvalue weighted by Gasteiger charge is 2.10. The van der Waals surface area contributed by atoms with E-state index in [0.29, 0.717) is 0 Å². The van der Waals surface area contributed by atoms with Crippen LogP contribution in [0.1, 0.15) is 11.3 Å². The number of hydrogen-bond donors (Lipinski definition) is 1. The Hall–Kier alpha value is -1.74. The predicted octanol–water partition coefficient (Wildman–Crippen LogP) is 5.13. The molecule has 0 radical (unpaired) electrons. The second-order valence-corrected chi connectivity index (χ2v) is 6.15. The van der Waals surface area contributed by atoms with Gasteiger partial charge in [-0.15, -0.1) is 0 Å². The van der Waals surface area contributed by atoms with Crippen LogP contribution in [0.5, 0.6) is 0 Å². The van der Waals surface area contributed by atoms with Crippen LogP contribution in [-0.4, -0.2) is 11.1 Å². The zero-order valence-corrected chi connectivity index (χ0v) is 13.9. The van der Waals surface area contributed by atoms with Crippen molar-refractivity contribution in [1.82, 2.24) is 4.57 Å². The number of nitrogens with zero attached hydrogens (tertiary/aromatic N) is 1. The maximum Gasteiger partial charge on any atom is 0.0494 e. The molecule has 1 aromatic heterocycles. The van der Waals surface area contributed by atoms with Crippen LogP contribution in [0.25, 0.3) is 10.9 Å². The molecule has 1 N–H and O–H groups in total. The van der Waals surface area contributed by atoms with Crippen molar-refractivity contribution in [2.45, 2.75) is 20.4 Å². The van der Waals surface area contributed by atoms with E-state index in [-0.39, 0.29) is 0 Å². The number of para-hydroxylation sites is 1. The normalized spacial score (nSPS) is 11.0. The van der Waals surface area contributed by atoms with E-state index >= 15 is 0 Å². The summed E-state index contributed by atoms with van der Waals surface area (Å²) in [6.07, 6.45) is 0. The molecule has 0 aliphatic carbocycles. The molecule has 0 spiro atoms. The fourth-order valence-electron chi connectivity index (χ4n) is 2.66. The first-order chi connectivity index (χ1) is 10.2. The maximum absolute atomic E-state index is 3.71. The SMILES string of the molecule is Cc1ccc(NCCn2c(C)c(Br)c3ccccc32)cc1. The number of halogens is 1. The van der Waals surface area contributed by atoms with Crippen molar-refractivity contribution in [1.29, 1.82) is 0 Å². The average Bonchev–Trinajstić information content (AvgIpc) is 2.75. The van der Waals surface area contributed by atoms with E-state index < -0.39 is 0 Å². The smallest absolute Gasteiger partial charge is 0.0494 e. The first kappa shape index (κ1) is 14.2. The molecule has 108 valence electrons. The third-order valence-corrected chi connectivity index (χ3v) is 4.87. The molecule has 0 saturated heterocycles. The van der Waals surface area contributed by atoms with Crippen LogP contribution in [0.4, 0.5) is 5.69 Å². The molecular weight excluding hydrogens is 324 g/mol. The second-order valence-electron chi connectivity index (χ2n) is 5.36. The summed E-state index contributed by atoms with van der Waals surface area (Å²) in [6, 6.07) is 17.1. The molecule has 0 bridgehead atoms. The molecule has 0 aliphatic rings. The number of benzene rings is 2. The molecule has 3 rings (SSSR count). The molecule has 0 unspecified atom stereocenters. The van der Waals surface area contributed by atoms with Crippen LogP contribution in [0, 0.1) is 13.8 Å². The van der Waals surface area contributed by atoms with Gasteiger partial charge in [-0.2, -0.15) is 0 Å². The van der Waals surface area contributed by atoms with Crippen molar-refractivity contribution in [2.24, 2.45) is 0 Å². The highest BCUT2D eigenvalue weighted by molar-refractivity contribution is 9.10. The standard InChI is InChI=1S/C18H19BrN2/c1-13-7-9-15(10-8-13)20-11-12-21-14(2)18(19)16-5-3-4-6-17(16)21/h3-10,20H,11-12H2,1-2H3. The van der Waals surface area contributed by atoms with Crippen LogP contribution in [0.15, 0.2) is 53.0 Å². The average molecular weight is 343 g/mol. The lowest BCUT2D eigenvalue weighted by molar-refractivity contribution is 0.733. The molecule has 0 atom stereocenters. The van der Waals surface area contributed by atoms with E-state index in [4.69, 9.17) is 0 Å². The lowest BCUT2D eigenvalue weighted by atomic mass is 10.2. The summed E-state index contributed by atoms with van der Waals surface area (Å²) in [7, 11) is 0. The van der Waals surface area contributed by atoms with Crippen LogP contribution in [-0.2, 0) is 6.54 Å². The van der Waals surface area contributed by atoms with Crippen molar-refractivity contribution in [3.63, 3.8) is 0 Å². The quantitative estimate of drug-likeness (QED) is 0.695. The lowest BCUT2D eigenvalue weighted by Gasteiger charge is -2.11. The van der Waals surface area contributed by atoms with Gasteiger partial charge in [-0.3, -0.25) is 0 Å². The Kier molecular flexibility index (Phi) is 4.02. The highest BCUT2D eigenvalue weighted by Crippen LogP contribution is 2.30. The van der Waals surface area contributed by atoms with Crippen molar-refractivity contribution >= 4 is 32.5 Å². The van der Waals surface area contributed by atoms with Crippen molar-refractivity contribution < 1.29 is 0 Å². The number of hydrogen-bond acceptors (Lipinski definition) is 1. The molecule has 0 fully saturated rings. The summed E-state index contributed by atoms with van der Waals surface area (Å²) in [4.78, 5) is 0. The summed E-state index contributed by atoms with van der Waals surface area (Å²) in [5, 5.41) is 4.77. The van der Waals surface area contributed by atoms with E-state index in [2.05, 4.69) is 88.2 Å². The largest absolute Gasteiger partial charge is 0.383 e. The fraction of sp³-hybridized carbons (Fsp3) is 0.222. The van der Waals surface area contributed by atoms with E-state index in [1.54, 1.807) is 0 Å². The zero-order chi connectivity index (χ0) is 14.8. The van der Waals surface area contributed by atoms with Gasteiger partial charge >= 0.3 is 0 Å². The van der Waals surface area contributed by atoms with Gasteiger partial charge in [-0.25, -0.2) is 0 Å². The maximum atomic E-state index is 3.71. The Bertz CT molecular complexity index is 757. The van der Waals surface area contributed by atoms with Crippen LogP contribution in [0.2, 0.25) is 0 Å². The van der Waals surface area contributed by atoms with Crippen LogP contribution >= 0.6 is 15.9 Å². The van der Waals surface area contributed by atoms with E-state index in [9.17, 15) is 0 Å². The topological polar surface area (TPSA) is 17.0 Å². The van der Waals surface area contributed by atoms with Gasteiger partial charge in [0.1, 0.15) is 0 Å². The third kappa shape index (κ3) is 2.84. The van der Waals surface area contributed by atoms with Gasteiger partial charge in [-0.05, 0) is 48.0 Å². The minimum Gasteiger partial charge on any atom is -0.383 e. The van der Waals surface area contributed by atoms with Crippen molar-refractivity contribution in [2.75, 3.05) is 11.9 Å². The Balaban J connectivity index is 1.76. The van der Waals surface area contributed by atoms with Crippen molar-refractivity contribution in [3.8, 4) is 0 Å². The van der Waals surface area contributed by atoms with Crippen molar-refractivity contribution in [3.05, 3.63) is 64.3 Å². The molecule has 1 heterocycles. The number of aromatic nitrogens is 1. The number of fused-ring (bicyclic) bond motifs is 1. The molecule has 2 aromatic carbocycles. The molecule has 0 aliphatic heterocycles. The summed E-state index contributed by atoms with van der Waals surface area (Å²) < 4.78 is 3.56. The molecule has 0 amide bonds. The second kappa shape index (κ2) is 5.94. The molecule has 21 heavy (non-hydrogen) atoms. The summed E-state index contributed by atoms with van der Waals surface area (Å²) >= 11 is 3.71. The number of nitrogens with one attached hydrogen (secondary N) is 1. The van der Waals surface area contributed by atoms with Crippen LogP contribution < -0.4 is 5.32 Å².